The van der Waals surface area contributed by atoms with E-state index in [2.05, 4.69) is 5.32 Å². The number of rotatable bonds is 1. The fourth-order valence-electron chi connectivity index (χ4n) is 1.76. The first-order valence-electron chi connectivity index (χ1n) is 4.57. The van der Waals surface area contributed by atoms with Crippen LogP contribution in [-0.4, -0.2) is 6.54 Å². The minimum Gasteiger partial charge on any atom is -0.310 e. The molecule has 1 aromatic rings. The Kier molecular flexibility index (Phi) is 2.96. The summed E-state index contributed by atoms with van der Waals surface area (Å²) in [4.78, 5) is 0. The van der Waals surface area contributed by atoms with Crippen molar-refractivity contribution in [2.45, 2.75) is 18.9 Å². The van der Waals surface area contributed by atoms with Crippen LogP contribution in [0.3, 0.4) is 0 Å². The molecule has 1 atom stereocenters. The van der Waals surface area contributed by atoms with Gasteiger partial charge in [-0.1, -0.05) is 29.3 Å². The number of nitrogens with one attached hydrogen (secondary N) is 1. The number of benzene rings is 1. The van der Waals surface area contributed by atoms with E-state index in [1.165, 1.54) is 0 Å². The van der Waals surface area contributed by atoms with Crippen molar-refractivity contribution in [1.82, 2.24) is 5.32 Å². The van der Waals surface area contributed by atoms with Crippen LogP contribution in [0.2, 0.25) is 10.0 Å². The molecule has 1 saturated heterocycles. The summed E-state index contributed by atoms with van der Waals surface area (Å²) in [5.41, 5.74) is 0.622. The van der Waals surface area contributed by atoms with Crippen LogP contribution in [-0.2, 0) is 0 Å². The number of hydrogen-bond acceptors (Lipinski definition) is 1. The Bertz CT molecular complexity index is 348. The molecule has 0 saturated carbocycles. The molecule has 1 heterocycles. The highest BCUT2D eigenvalue weighted by molar-refractivity contribution is 6.42. The molecule has 0 amide bonds. The van der Waals surface area contributed by atoms with Gasteiger partial charge in [-0.3, -0.25) is 0 Å². The summed E-state index contributed by atoms with van der Waals surface area (Å²) in [7, 11) is 0. The van der Waals surface area contributed by atoms with Crippen LogP contribution >= 0.6 is 23.2 Å². The normalized spacial score (nSPS) is 21.5. The van der Waals surface area contributed by atoms with Crippen LogP contribution in [0.15, 0.2) is 12.1 Å². The molecule has 0 radical (unpaired) electrons. The first-order chi connectivity index (χ1) is 6.70. The highest BCUT2D eigenvalue weighted by Crippen LogP contribution is 2.32. The molecule has 0 aliphatic carbocycles. The van der Waals surface area contributed by atoms with Crippen LogP contribution in [0.1, 0.15) is 24.4 Å². The van der Waals surface area contributed by atoms with Gasteiger partial charge in [0.15, 0.2) is 0 Å². The number of halogens is 3. The van der Waals surface area contributed by atoms with Crippen molar-refractivity contribution in [3.8, 4) is 0 Å². The van der Waals surface area contributed by atoms with Crippen LogP contribution in [0.25, 0.3) is 0 Å². The molecule has 1 N–H and O–H groups in total. The lowest BCUT2D eigenvalue weighted by molar-refractivity contribution is 0.559. The monoisotopic (exact) mass is 233 g/mol. The fourth-order valence-corrected chi connectivity index (χ4v) is 2.08. The summed E-state index contributed by atoms with van der Waals surface area (Å²) in [6, 6.07) is 3.43. The molecule has 0 bridgehead atoms. The van der Waals surface area contributed by atoms with Crippen molar-refractivity contribution in [2.75, 3.05) is 6.54 Å². The molecule has 1 fully saturated rings. The van der Waals surface area contributed by atoms with Crippen LogP contribution < -0.4 is 5.32 Å². The maximum atomic E-state index is 13.7. The molecule has 2 rings (SSSR count). The van der Waals surface area contributed by atoms with Gasteiger partial charge in [-0.15, -0.1) is 0 Å². The van der Waals surface area contributed by atoms with Gasteiger partial charge in [0.2, 0.25) is 0 Å². The average Bonchev–Trinajstić information content (AvgIpc) is 2.67. The van der Waals surface area contributed by atoms with E-state index < -0.39 is 5.82 Å². The average molecular weight is 234 g/mol. The largest absolute Gasteiger partial charge is 0.310 e. The Morgan fingerprint density at radius 3 is 2.79 bits per heavy atom. The summed E-state index contributed by atoms with van der Waals surface area (Å²) in [6.45, 7) is 0.935. The van der Waals surface area contributed by atoms with Crippen molar-refractivity contribution in [2.24, 2.45) is 0 Å². The third kappa shape index (κ3) is 1.74. The zero-order valence-corrected chi connectivity index (χ0v) is 9.00. The first-order valence-corrected chi connectivity index (χ1v) is 5.32. The van der Waals surface area contributed by atoms with Gasteiger partial charge in [-0.25, -0.2) is 4.39 Å². The third-order valence-corrected chi connectivity index (χ3v) is 3.28. The molecule has 76 valence electrons. The van der Waals surface area contributed by atoms with Gasteiger partial charge in [-0.05, 0) is 25.5 Å². The summed E-state index contributed by atoms with van der Waals surface area (Å²) in [6.07, 6.45) is 2.03. The molecule has 1 aliphatic heterocycles. The van der Waals surface area contributed by atoms with Crippen molar-refractivity contribution in [1.29, 1.82) is 0 Å². The first kappa shape index (κ1) is 10.2. The van der Waals surface area contributed by atoms with Gasteiger partial charge in [-0.2, -0.15) is 0 Å². The van der Waals surface area contributed by atoms with Crippen LogP contribution in [0.4, 0.5) is 4.39 Å². The van der Waals surface area contributed by atoms with Crippen LogP contribution in [0, 0.1) is 5.82 Å². The lowest BCUT2D eigenvalue weighted by atomic mass is 10.1. The minimum atomic E-state index is -0.390. The number of hydrogen-bond donors (Lipinski definition) is 1. The maximum absolute atomic E-state index is 13.7. The molecule has 1 aliphatic rings. The van der Waals surface area contributed by atoms with E-state index in [-0.39, 0.29) is 16.1 Å². The predicted molar refractivity (Wildman–Crippen MR) is 56.4 cm³/mol. The van der Waals surface area contributed by atoms with Gasteiger partial charge >= 0.3 is 0 Å². The van der Waals surface area contributed by atoms with E-state index >= 15 is 0 Å². The summed E-state index contributed by atoms with van der Waals surface area (Å²) in [5.74, 6) is -0.390. The van der Waals surface area contributed by atoms with Crippen molar-refractivity contribution in [3.63, 3.8) is 0 Å². The molecule has 1 nitrogen and oxygen atoms in total. The molecule has 1 unspecified atom stereocenters. The highest BCUT2D eigenvalue weighted by Gasteiger charge is 2.21. The van der Waals surface area contributed by atoms with Gasteiger partial charge in [0.1, 0.15) is 5.82 Å². The molecule has 1 aromatic carbocycles. The molecule has 4 heteroatoms. The van der Waals surface area contributed by atoms with Gasteiger partial charge in [0.05, 0.1) is 10.0 Å². The standard InChI is InChI=1S/C10H10Cl2FN/c11-7-4-3-6(10(13)9(7)12)8-2-1-5-14-8/h3-4,8,14H,1-2,5H2. The Morgan fingerprint density at radius 1 is 1.36 bits per heavy atom. The molecule has 14 heavy (non-hydrogen) atoms. The SMILES string of the molecule is Fc1c(C2CCCN2)ccc(Cl)c1Cl. The zero-order valence-electron chi connectivity index (χ0n) is 7.49. The Balaban J connectivity index is 2.38. The molecule has 0 spiro atoms. The highest BCUT2D eigenvalue weighted by atomic mass is 35.5. The van der Waals surface area contributed by atoms with Crippen molar-refractivity contribution >= 4 is 23.2 Å². The zero-order chi connectivity index (χ0) is 10.1. The fraction of sp³-hybridized carbons (Fsp3) is 0.400. The Morgan fingerprint density at radius 2 is 2.14 bits per heavy atom. The summed E-state index contributed by atoms with van der Waals surface area (Å²) < 4.78 is 13.7. The predicted octanol–water partition coefficient (Wildman–Crippen LogP) is 3.56. The second-order valence-corrected chi connectivity index (χ2v) is 4.20. The minimum absolute atomic E-state index is 0.0258. The molecule has 0 aromatic heterocycles. The van der Waals surface area contributed by atoms with E-state index in [4.69, 9.17) is 23.2 Å². The second-order valence-electron chi connectivity index (χ2n) is 3.41. The van der Waals surface area contributed by atoms with Gasteiger partial charge < -0.3 is 5.32 Å². The van der Waals surface area contributed by atoms with E-state index in [0.717, 1.165) is 19.4 Å². The smallest absolute Gasteiger partial charge is 0.148 e. The van der Waals surface area contributed by atoms with Crippen molar-refractivity contribution < 1.29 is 4.39 Å². The van der Waals surface area contributed by atoms with E-state index in [1.807, 2.05) is 0 Å². The van der Waals surface area contributed by atoms with Crippen molar-refractivity contribution in [3.05, 3.63) is 33.6 Å². The Hall–Kier alpha value is -0.310. The van der Waals surface area contributed by atoms with E-state index in [9.17, 15) is 4.39 Å². The summed E-state index contributed by atoms with van der Waals surface area (Å²) >= 11 is 11.4. The van der Waals surface area contributed by atoms with Crippen LogP contribution in [0.5, 0.6) is 0 Å². The lowest BCUT2D eigenvalue weighted by Crippen LogP contribution is -2.14. The Labute approximate surface area is 92.2 Å². The third-order valence-electron chi connectivity index (χ3n) is 2.50. The van der Waals surface area contributed by atoms with E-state index in [0.29, 0.717) is 5.56 Å². The quantitative estimate of drug-likeness (QED) is 0.732. The van der Waals surface area contributed by atoms with Gasteiger partial charge in [0.25, 0.3) is 0 Å². The maximum Gasteiger partial charge on any atom is 0.148 e. The molecular formula is C10H10Cl2FN. The summed E-state index contributed by atoms with van der Waals surface area (Å²) in [5, 5.41) is 3.51. The van der Waals surface area contributed by atoms with E-state index in [1.54, 1.807) is 12.1 Å². The van der Waals surface area contributed by atoms with Gasteiger partial charge in [0, 0.05) is 11.6 Å². The second kappa shape index (κ2) is 4.05. The topological polar surface area (TPSA) is 12.0 Å². The molecular weight excluding hydrogens is 224 g/mol. The lowest BCUT2D eigenvalue weighted by Gasteiger charge is -2.12.